The maximum absolute atomic E-state index is 12.0. The van der Waals surface area contributed by atoms with Gasteiger partial charge in [0.1, 0.15) is 6.04 Å². The molecule has 2 N–H and O–H groups in total. The van der Waals surface area contributed by atoms with Gasteiger partial charge in [-0.1, -0.05) is 12.1 Å². The fourth-order valence-corrected chi connectivity index (χ4v) is 3.86. The van der Waals surface area contributed by atoms with Gasteiger partial charge in [0.05, 0.1) is 4.90 Å². The maximum Gasteiger partial charge on any atom is 0.240 e. The molecule has 0 saturated carbocycles. The van der Waals surface area contributed by atoms with Crippen LogP contribution in [0.4, 0.5) is 0 Å². The molecule has 3 rings (SSSR count). The van der Waals surface area contributed by atoms with Crippen molar-refractivity contribution in [1.29, 1.82) is 0 Å². The molecule has 1 amide bonds. The molecule has 8 heteroatoms. The van der Waals surface area contributed by atoms with Gasteiger partial charge in [-0.3, -0.25) is 14.6 Å². The van der Waals surface area contributed by atoms with Gasteiger partial charge >= 0.3 is 0 Å². The molecule has 1 aromatic rings. The van der Waals surface area contributed by atoms with E-state index in [0.717, 1.165) is 38.3 Å². The Balaban J connectivity index is 1.65. The Morgan fingerprint density at radius 1 is 1.22 bits per heavy atom. The van der Waals surface area contributed by atoms with Gasteiger partial charge in [0, 0.05) is 39.3 Å². The van der Waals surface area contributed by atoms with Gasteiger partial charge in [-0.25, -0.2) is 13.1 Å². The Morgan fingerprint density at radius 3 is 2.65 bits per heavy atom. The number of hydrogen-bond acceptors (Lipinski definition) is 5. The molecule has 0 radical (unpaired) electrons. The summed E-state index contributed by atoms with van der Waals surface area (Å²) in [5.74, 6) is 0.108. The van der Waals surface area contributed by atoms with Crippen molar-refractivity contribution in [2.45, 2.75) is 17.5 Å². The zero-order valence-corrected chi connectivity index (χ0v) is 14.0. The molecule has 23 heavy (non-hydrogen) atoms. The quantitative estimate of drug-likeness (QED) is 0.752. The van der Waals surface area contributed by atoms with Crippen LogP contribution in [-0.4, -0.2) is 69.9 Å². The summed E-state index contributed by atoms with van der Waals surface area (Å²) in [6.45, 7) is 4.89. The molecule has 0 aliphatic carbocycles. The highest BCUT2D eigenvalue weighted by atomic mass is 32.2. The Bertz CT molecular complexity index is 674. The lowest BCUT2D eigenvalue weighted by atomic mass is 10.1. The lowest BCUT2D eigenvalue weighted by Crippen LogP contribution is -2.63. The van der Waals surface area contributed by atoms with E-state index in [0.29, 0.717) is 6.54 Å². The van der Waals surface area contributed by atoms with Gasteiger partial charge in [0.15, 0.2) is 0 Å². The van der Waals surface area contributed by atoms with E-state index in [2.05, 4.69) is 19.8 Å². The summed E-state index contributed by atoms with van der Waals surface area (Å²) in [5.41, 5.74) is 1.05. The number of rotatable bonds is 4. The molecule has 0 spiro atoms. The number of carbonyl (C=O) groups is 1. The van der Waals surface area contributed by atoms with Crippen molar-refractivity contribution in [2.75, 3.05) is 39.8 Å². The van der Waals surface area contributed by atoms with E-state index in [-0.39, 0.29) is 16.8 Å². The van der Waals surface area contributed by atoms with Gasteiger partial charge in [-0.05, 0) is 24.7 Å². The first-order valence-electron chi connectivity index (χ1n) is 7.76. The predicted molar refractivity (Wildman–Crippen MR) is 86.3 cm³/mol. The van der Waals surface area contributed by atoms with Crippen molar-refractivity contribution in [3.8, 4) is 0 Å². The summed E-state index contributed by atoms with van der Waals surface area (Å²) in [4.78, 5) is 16.7. The van der Waals surface area contributed by atoms with E-state index < -0.39 is 10.0 Å². The molecule has 0 unspecified atom stereocenters. The second-order valence-electron chi connectivity index (χ2n) is 5.93. The van der Waals surface area contributed by atoms with Crippen LogP contribution in [-0.2, 0) is 21.4 Å². The smallest absolute Gasteiger partial charge is 0.240 e. The monoisotopic (exact) mass is 338 g/mol. The first-order chi connectivity index (χ1) is 11.0. The number of benzene rings is 1. The van der Waals surface area contributed by atoms with Crippen molar-refractivity contribution >= 4 is 15.9 Å². The lowest BCUT2D eigenvalue weighted by Gasteiger charge is -2.43. The van der Waals surface area contributed by atoms with Crippen LogP contribution in [0.2, 0.25) is 0 Å². The maximum atomic E-state index is 12.0. The van der Waals surface area contributed by atoms with Crippen LogP contribution in [0.1, 0.15) is 5.56 Å². The summed E-state index contributed by atoms with van der Waals surface area (Å²) in [7, 11) is -1.99. The van der Waals surface area contributed by atoms with Crippen LogP contribution in [0, 0.1) is 0 Å². The van der Waals surface area contributed by atoms with Gasteiger partial charge < -0.3 is 5.32 Å². The SMILES string of the molecule is CNS(=O)(=O)c1ccc(CN2CCN3CCNC(=O)[C@@H]3C2)cc1. The van der Waals surface area contributed by atoms with E-state index in [1.54, 1.807) is 12.1 Å². The van der Waals surface area contributed by atoms with E-state index in [1.165, 1.54) is 7.05 Å². The van der Waals surface area contributed by atoms with E-state index in [9.17, 15) is 13.2 Å². The topological polar surface area (TPSA) is 81.8 Å². The molecule has 0 bridgehead atoms. The Kier molecular flexibility index (Phi) is 4.67. The van der Waals surface area contributed by atoms with Gasteiger partial charge in [-0.2, -0.15) is 0 Å². The number of fused-ring (bicyclic) bond motifs is 1. The predicted octanol–water partition coefficient (Wildman–Crippen LogP) is -0.789. The zero-order chi connectivity index (χ0) is 16.4. The average molecular weight is 338 g/mol. The summed E-state index contributed by atoms with van der Waals surface area (Å²) in [6.07, 6.45) is 0. The van der Waals surface area contributed by atoms with E-state index in [4.69, 9.17) is 0 Å². The van der Waals surface area contributed by atoms with Crippen LogP contribution >= 0.6 is 0 Å². The zero-order valence-electron chi connectivity index (χ0n) is 13.2. The summed E-state index contributed by atoms with van der Waals surface area (Å²) >= 11 is 0. The largest absolute Gasteiger partial charge is 0.353 e. The molecular formula is C15H22N4O3S. The minimum atomic E-state index is -3.39. The normalized spacial score (nSPS) is 23.3. The Hall–Kier alpha value is -1.48. The second-order valence-corrected chi connectivity index (χ2v) is 7.82. The van der Waals surface area contributed by atoms with Crippen LogP contribution < -0.4 is 10.0 Å². The number of piperazine rings is 2. The molecule has 2 heterocycles. The molecule has 2 aliphatic rings. The van der Waals surface area contributed by atoms with Crippen LogP contribution in [0.3, 0.4) is 0 Å². The number of nitrogens with one attached hydrogen (secondary N) is 2. The van der Waals surface area contributed by atoms with Crippen molar-refractivity contribution in [2.24, 2.45) is 0 Å². The number of hydrogen-bond donors (Lipinski definition) is 2. The molecule has 2 fully saturated rings. The lowest BCUT2D eigenvalue weighted by molar-refractivity contribution is -0.131. The molecule has 1 aromatic carbocycles. The first-order valence-corrected chi connectivity index (χ1v) is 9.24. The number of sulfonamides is 1. The number of amides is 1. The van der Waals surface area contributed by atoms with Gasteiger partial charge in [0.25, 0.3) is 0 Å². The third-order valence-corrected chi connectivity index (χ3v) is 5.92. The number of nitrogens with zero attached hydrogens (tertiary/aromatic N) is 2. The highest BCUT2D eigenvalue weighted by Gasteiger charge is 2.34. The molecule has 2 aliphatic heterocycles. The molecule has 126 valence electrons. The fraction of sp³-hybridized carbons (Fsp3) is 0.533. The van der Waals surface area contributed by atoms with E-state index in [1.807, 2.05) is 12.1 Å². The van der Waals surface area contributed by atoms with Crippen molar-refractivity contribution in [3.63, 3.8) is 0 Å². The molecule has 0 aromatic heterocycles. The molecular weight excluding hydrogens is 316 g/mol. The molecule has 1 atom stereocenters. The van der Waals surface area contributed by atoms with Crippen molar-refractivity contribution in [3.05, 3.63) is 29.8 Å². The molecule has 7 nitrogen and oxygen atoms in total. The highest BCUT2D eigenvalue weighted by molar-refractivity contribution is 7.89. The first kappa shape index (κ1) is 16.4. The summed E-state index contributed by atoms with van der Waals surface area (Å²) in [5, 5.41) is 2.92. The van der Waals surface area contributed by atoms with Crippen LogP contribution in [0.15, 0.2) is 29.2 Å². The standard InChI is InChI=1S/C15H22N4O3S/c1-16-23(21,22)13-4-2-12(3-5-13)10-18-8-9-19-7-6-17-15(20)14(19)11-18/h2-5,14,16H,6-11H2,1H3,(H,17,20)/t14-/m0/s1. The average Bonchev–Trinajstić information content (AvgIpc) is 2.56. The Morgan fingerprint density at radius 2 is 1.96 bits per heavy atom. The van der Waals surface area contributed by atoms with E-state index >= 15 is 0 Å². The second kappa shape index (κ2) is 6.56. The van der Waals surface area contributed by atoms with Crippen LogP contribution in [0.5, 0.6) is 0 Å². The summed E-state index contributed by atoms with van der Waals surface area (Å²) in [6, 6.07) is 6.83. The van der Waals surface area contributed by atoms with Crippen molar-refractivity contribution in [1.82, 2.24) is 19.8 Å². The highest BCUT2D eigenvalue weighted by Crippen LogP contribution is 2.16. The minimum Gasteiger partial charge on any atom is -0.353 e. The van der Waals surface area contributed by atoms with Gasteiger partial charge in [-0.15, -0.1) is 0 Å². The number of carbonyl (C=O) groups excluding carboxylic acids is 1. The van der Waals surface area contributed by atoms with Gasteiger partial charge in [0.2, 0.25) is 15.9 Å². The summed E-state index contributed by atoms with van der Waals surface area (Å²) < 4.78 is 25.8. The third kappa shape index (κ3) is 3.55. The third-order valence-electron chi connectivity index (χ3n) is 4.48. The Labute approximate surface area is 136 Å². The fourth-order valence-electron chi connectivity index (χ4n) is 3.13. The van der Waals surface area contributed by atoms with Crippen molar-refractivity contribution < 1.29 is 13.2 Å². The molecule has 2 saturated heterocycles. The van der Waals surface area contributed by atoms with Crippen LogP contribution in [0.25, 0.3) is 0 Å². The minimum absolute atomic E-state index is 0.0681.